The molecule has 0 aliphatic carbocycles. The second kappa shape index (κ2) is 6.17. The van der Waals surface area contributed by atoms with E-state index >= 15 is 0 Å². The Morgan fingerprint density at radius 1 is 1.43 bits per heavy atom. The summed E-state index contributed by atoms with van der Waals surface area (Å²) in [5, 5.41) is 4.28. The van der Waals surface area contributed by atoms with E-state index in [9.17, 15) is 8.42 Å². The number of nitrogens with one attached hydrogen (secondary N) is 1. The fraction of sp³-hybridized carbons (Fsp3) is 0.308. The molecule has 21 heavy (non-hydrogen) atoms. The Morgan fingerprint density at radius 3 is 2.76 bits per heavy atom. The molecule has 0 bridgehead atoms. The van der Waals surface area contributed by atoms with Crippen LogP contribution in [0.2, 0.25) is 0 Å². The first kappa shape index (κ1) is 16.0. The average Bonchev–Trinajstić information content (AvgIpc) is 2.80. The zero-order valence-electron chi connectivity index (χ0n) is 11.8. The Bertz CT molecular complexity index is 756. The number of aromatic nitrogens is 2. The van der Waals surface area contributed by atoms with Crippen LogP contribution in [0.15, 0.2) is 33.8 Å². The van der Waals surface area contributed by atoms with Crippen LogP contribution in [-0.4, -0.2) is 18.2 Å². The summed E-state index contributed by atoms with van der Waals surface area (Å²) >= 11 is 3.24. The second-order valence-electron chi connectivity index (χ2n) is 4.64. The van der Waals surface area contributed by atoms with Gasteiger partial charge in [-0.05, 0) is 40.5 Å². The smallest absolute Gasteiger partial charge is 0.240 e. The number of anilines is 1. The van der Waals surface area contributed by atoms with Crippen molar-refractivity contribution >= 4 is 31.6 Å². The minimum atomic E-state index is -3.60. The minimum absolute atomic E-state index is 0.144. The van der Waals surface area contributed by atoms with Gasteiger partial charge in [0, 0.05) is 35.5 Å². The zero-order valence-corrected chi connectivity index (χ0v) is 14.2. The molecule has 8 heteroatoms. The van der Waals surface area contributed by atoms with Crippen molar-refractivity contribution in [3.05, 3.63) is 40.1 Å². The number of benzene rings is 1. The Balaban J connectivity index is 2.19. The average molecular weight is 373 g/mol. The molecule has 0 spiro atoms. The molecule has 6 nitrogen and oxygen atoms in total. The molecule has 0 aliphatic rings. The molecular formula is C13H17BrN4O2S. The lowest BCUT2D eigenvalue weighted by molar-refractivity contribution is 0.581. The van der Waals surface area contributed by atoms with Gasteiger partial charge in [0.15, 0.2) is 0 Å². The highest BCUT2D eigenvalue weighted by Gasteiger charge is 2.16. The molecule has 2 rings (SSSR count). The van der Waals surface area contributed by atoms with Crippen molar-refractivity contribution in [2.24, 2.45) is 7.05 Å². The highest BCUT2D eigenvalue weighted by Crippen LogP contribution is 2.22. The number of aryl methyl sites for hydroxylation is 2. The van der Waals surface area contributed by atoms with Crippen LogP contribution >= 0.6 is 15.9 Å². The second-order valence-corrected chi connectivity index (χ2v) is 7.26. The van der Waals surface area contributed by atoms with Crippen LogP contribution in [0.5, 0.6) is 0 Å². The standard InChI is InChI=1S/C13H17BrN4O2S/c1-3-13-9(8-18(2)17-13)7-16-21(19,20)10-4-5-11(14)12(15)6-10/h4-6,8,16H,3,7,15H2,1-2H3. The quantitative estimate of drug-likeness (QED) is 0.783. The van der Waals surface area contributed by atoms with Gasteiger partial charge >= 0.3 is 0 Å². The normalized spacial score (nSPS) is 11.8. The summed E-state index contributed by atoms with van der Waals surface area (Å²) in [5.74, 6) is 0. The maximum absolute atomic E-state index is 12.3. The summed E-state index contributed by atoms with van der Waals surface area (Å²) in [6.45, 7) is 2.19. The van der Waals surface area contributed by atoms with Gasteiger partial charge in [0.2, 0.25) is 10.0 Å². The fourth-order valence-electron chi connectivity index (χ4n) is 1.97. The molecule has 0 fully saturated rings. The number of nitrogens with zero attached hydrogens (tertiary/aromatic N) is 2. The van der Waals surface area contributed by atoms with Crippen molar-refractivity contribution in [2.45, 2.75) is 24.8 Å². The number of hydrogen-bond acceptors (Lipinski definition) is 4. The van der Waals surface area contributed by atoms with E-state index in [0.717, 1.165) is 17.7 Å². The summed E-state index contributed by atoms with van der Waals surface area (Å²) in [6, 6.07) is 4.55. The third kappa shape index (κ3) is 3.63. The van der Waals surface area contributed by atoms with Crippen molar-refractivity contribution in [3.63, 3.8) is 0 Å². The summed E-state index contributed by atoms with van der Waals surface area (Å²) in [4.78, 5) is 0.144. The van der Waals surface area contributed by atoms with E-state index in [1.54, 1.807) is 10.7 Å². The lowest BCUT2D eigenvalue weighted by Gasteiger charge is -2.08. The number of halogens is 1. The number of nitrogens with two attached hydrogens (primary N) is 1. The molecule has 1 heterocycles. The molecule has 1 aromatic carbocycles. The summed E-state index contributed by atoms with van der Waals surface area (Å²) in [5.41, 5.74) is 7.86. The Morgan fingerprint density at radius 2 is 2.14 bits per heavy atom. The fourth-order valence-corrected chi connectivity index (χ4v) is 3.26. The molecule has 0 unspecified atom stereocenters. The largest absolute Gasteiger partial charge is 0.398 e. The van der Waals surface area contributed by atoms with Crippen LogP contribution in [0.4, 0.5) is 5.69 Å². The van der Waals surface area contributed by atoms with Crippen molar-refractivity contribution < 1.29 is 8.42 Å². The van der Waals surface area contributed by atoms with Crippen molar-refractivity contribution in [1.29, 1.82) is 0 Å². The van der Waals surface area contributed by atoms with Crippen LogP contribution < -0.4 is 10.5 Å². The van der Waals surface area contributed by atoms with Crippen molar-refractivity contribution in [3.8, 4) is 0 Å². The molecule has 0 radical (unpaired) electrons. The molecular weight excluding hydrogens is 356 g/mol. The molecule has 0 saturated carbocycles. The van der Waals surface area contributed by atoms with Gasteiger partial charge in [-0.3, -0.25) is 4.68 Å². The third-order valence-electron chi connectivity index (χ3n) is 3.06. The molecule has 2 aromatic rings. The molecule has 0 aliphatic heterocycles. The SMILES string of the molecule is CCc1nn(C)cc1CNS(=O)(=O)c1ccc(Br)c(N)c1. The van der Waals surface area contributed by atoms with Crippen LogP contribution in [0.25, 0.3) is 0 Å². The molecule has 114 valence electrons. The Labute approximate surface area is 132 Å². The molecule has 0 saturated heterocycles. The van der Waals surface area contributed by atoms with E-state index in [1.165, 1.54) is 12.1 Å². The first-order valence-corrected chi connectivity index (χ1v) is 8.67. The van der Waals surface area contributed by atoms with E-state index in [2.05, 4.69) is 25.8 Å². The number of sulfonamides is 1. The molecule has 3 N–H and O–H groups in total. The van der Waals surface area contributed by atoms with Crippen LogP contribution in [-0.2, 0) is 30.0 Å². The number of nitrogen functional groups attached to an aromatic ring is 1. The van der Waals surface area contributed by atoms with Gasteiger partial charge in [-0.2, -0.15) is 5.10 Å². The van der Waals surface area contributed by atoms with Gasteiger partial charge in [-0.15, -0.1) is 0 Å². The molecule has 0 atom stereocenters. The lowest BCUT2D eigenvalue weighted by Crippen LogP contribution is -2.23. The van der Waals surface area contributed by atoms with Crippen LogP contribution in [0, 0.1) is 0 Å². The van der Waals surface area contributed by atoms with Crippen LogP contribution in [0.1, 0.15) is 18.2 Å². The van der Waals surface area contributed by atoms with Crippen molar-refractivity contribution in [1.82, 2.24) is 14.5 Å². The predicted molar refractivity (Wildman–Crippen MR) is 85.2 cm³/mol. The maximum Gasteiger partial charge on any atom is 0.240 e. The van der Waals surface area contributed by atoms with Gasteiger partial charge in [0.1, 0.15) is 0 Å². The van der Waals surface area contributed by atoms with Gasteiger partial charge < -0.3 is 5.73 Å². The summed E-state index contributed by atoms with van der Waals surface area (Å²) in [6.07, 6.45) is 2.57. The van der Waals surface area contributed by atoms with Crippen LogP contribution in [0.3, 0.4) is 0 Å². The third-order valence-corrected chi connectivity index (χ3v) is 5.18. The number of hydrogen-bond donors (Lipinski definition) is 2. The lowest BCUT2D eigenvalue weighted by atomic mass is 10.2. The number of rotatable bonds is 5. The van der Waals surface area contributed by atoms with E-state index in [-0.39, 0.29) is 11.4 Å². The van der Waals surface area contributed by atoms with Gasteiger partial charge in [-0.25, -0.2) is 13.1 Å². The first-order chi connectivity index (χ1) is 9.83. The summed E-state index contributed by atoms with van der Waals surface area (Å²) < 4.78 is 29.5. The zero-order chi connectivity index (χ0) is 15.6. The molecule has 0 amide bonds. The van der Waals surface area contributed by atoms with E-state index in [4.69, 9.17) is 5.73 Å². The van der Waals surface area contributed by atoms with Gasteiger partial charge in [0.25, 0.3) is 0 Å². The highest BCUT2D eigenvalue weighted by atomic mass is 79.9. The van der Waals surface area contributed by atoms with E-state index in [0.29, 0.717) is 10.2 Å². The maximum atomic E-state index is 12.3. The van der Waals surface area contributed by atoms with E-state index < -0.39 is 10.0 Å². The Kier molecular flexibility index (Phi) is 4.70. The Hall–Kier alpha value is -1.38. The highest BCUT2D eigenvalue weighted by molar-refractivity contribution is 9.10. The molecule has 1 aromatic heterocycles. The van der Waals surface area contributed by atoms with Crippen molar-refractivity contribution in [2.75, 3.05) is 5.73 Å². The monoisotopic (exact) mass is 372 g/mol. The van der Waals surface area contributed by atoms with Gasteiger partial charge in [0.05, 0.1) is 10.6 Å². The predicted octanol–water partition coefficient (Wildman–Crippen LogP) is 1.81. The minimum Gasteiger partial charge on any atom is -0.398 e. The van der Waals surface area contributed by atoms with E-state index in [1.807, 2.05) is 20.2 Å². The first-order valence-electron chi connectivity index (χ1n) is 6.39. The summed E-state index contributed by atoms with van der Waals surface area (Å²) in [7, 11) is -1.79. The van der Waals surface area contributed by atoms with Gasteiger partial charge in [-0.1, -0.05) is 6.92 Å². The topological polar surface area (TPSA) is 90.0 Å².